The molecule has 3 N–H and O–H groups in total. The number of aliphatic hydroxyl groups excluding tert-OH is 3. The van der Waals surface area contributed by atoms with E-state index in [-0.39, 0.29) is 13.0 Å². The Bertz CT molecular complexity index is 164. The Balaban J connectivity index is 3.66. The van der Waals surface area contributed by atoms with Crippen molar-refractivity contribution in [2.24, 2.45) is 0 Å². The van der Waals surface area contributed by atoms with Gasteiger partial charge >= 0.3 is 0 Å². The molecular weight excluding hydrogens is 168 g/mol. The van der Waals surface area contributed by atoms with Gasteiger partial charge in [-0.1, -0.05) is 24.3 Å². The van der Waals surface area contributed by atoms with E-state index in [2.05, 4.69) is 0 Å². The van der Waals surface area contributed by atoms with Gasteiger partial charge in [-0.2, -0.15) is 0 Å². The number of hydrogen-bond donors (Lipinski definition) is 3. The molecule has 3 nitrogen and oxygen atoms in total. The SMILES string of the molecule is C/C=C/C=C/[C@@H](O)C[C@@H](O)CCO. The third-order valence-corrected chi connectivity index (χ3v) is 1.61. The topological polar surface area (TPSA) is 60.7 Å². The van der Waals surface area contributed by atoms with Crippen molar-refractivity contribution >= 4 is 0 Å². The molecule has 0 aliphatic heterocycles. The summed E-state index contributed by atoms with van der Waals surface area (Å²) in [5.74, 6) is 0. The molecular formula is C10H18O3. The molecule has 3 heteroatoms. The van der Waals surface area contributed by atoms with Crippen molar-refractivity contribution in [3.63, 3.8) is 0 Å². The first kappa shape index (κ1) is 12.4. The zero-order chi connectivity index (χ0) is 10.1. The van der Waals surface area contributed by atoms with E-state index < -0.39 is 12.2 Å². The van der Waals surface area contributed by atoms with Crippen LogP contribution in [0.2, 0.25) is 0 Å². The normalized spacial score (nSPS) is 16.9. The first-order valence-electron chi connectivity index (χ1n) is 4.47. The first-order valence-corrected chi connectivity index (χ1v) is 4.47. The van der Waals surface area contributed by atoms with E-state index in [1.807, 2.05) is 19.1 Å². The highest BCUT2D eigenvalue weighted by molar-refractivity contribution is 5.03. The van der Waals surface area contributed by atoms with Gasteiger partial charge in [0.05, 0.1) is 12.2 Å². The van der Waals surface area contributed by atoms with Crippen LogP contribution in [0.25, 0.3) is 0 Å². The van der Waals surface area contributed by atoms with Gasteiger partial charge < -0.3 is 15.3 Å². The summed E-state index contributed by atoms with van der Waals surface area (Å²) in [7, 11) is 0. The predicted octanol–water partition coefficient (Wildman–Crippen LogP) is 0.613. The van der Waals surface area contributed by atoms with Gasteiger partial charge in [0.1, 0.15) is 0 Å². The lowest BCUT2D eigenvalue weighted by Crippen LogP contribution is -2.16. The Kier molecular flexibility index (Phi) is 7.59. The molecule has 0 aromatic heterocycles. The van der Waals surface area contributed by atoms with Crippen molar-refractivity contribution in [1.82, 2.24) is 0 Å². The van der Waals surface area contributed by atoms with Gasteiger partial charge in [-0.15, -0.1) is 0 Å². The molecule has 0 spiro atoms. The molecule has 0 rings (SSSR count). The quantitative estimate of drug-likeness (QED) is 0.533. The van der Waals surface area contributed by atoms with E-state index in [9.17, 15) is 10.2 Å². The Hall–Kier alpha value is -0.640. The standard InChI is InChI=1S/C10H18O3/c1-2-3-4-5-9(12)8-10(13)6-7-11/h2-5,9-13H,6-8H2,1H3/b3-2+,5-4+/t9-,10+/m1/s1. The van der Waals surface area contributed by atoms with E-state index >= 15 is 0 Å². The first-order chi connectivity index (χ1) is 6.20. The van der Waals surface area contributed by atoms with Crippen molar-refractivity contribution in [2.45, 2.75) is 32.0 Å². The zero-order valence-electron chi connectivity index (χ0n) is 7.93. The molecule has 0 heterocycles. The minimum atomic E-state index is -0.641. The second kappa shape index (κ2) is 7.98. The van der Waals surface area contributed by atoms with E-state index in [1.54, 1.807) is 12.2 Å². The van der Waals surface area contributed by atoms with Crippen LogP contribution < -0.4 is 0 Å². The van der Waals surface area contributed by atoms with Gasteiger partial charge in [-0.25, -0.2) is 0 Å². The van der Waals surface area contributed by atoms with Crippen LogP contribution in [-0.2, 0) is 0 Å². The summed E-state index contributed by atoms with van der Waals surface area (Å²) in [5.41, 5.74) is 0. The highest BCUT2D eigenvalue weighted by Crippen LogP contribution is 2.03. The van der Waals surface area contributed by atoms with Crippen molar-refractivity contribution in [3.05, 3.63) is 24.3 Å². The maximum Gasteiger partial charge on any atom is 0.0748 e. The van der Waals surface area contributed by atoms with Crippen molar-refractivity contribution < 1.29 is 15.3 Å². The van der Waals surface area contributed by atoms with Crippen molar-refractivity contribution in [3.8, 4) is 0 Å². The smallest absolute Gasteiger partial charge is 0.0748 e. The monoisotopic (exact) mass is 186 g/mol. The van der Waals surface area contributed by atoms with Crippen LogP contribution in [0.4, 0.5) is 0 Å². The second-order valence-electron chi connectivity index (χ2n) is 2.88. The van der Waals surface area contributed by atoms with E-state index in [0.717, 1.165) is 0 Å². The maximum atomic E-state index is 9.31. The van der Waals surface area contributed by atoms with Gasteiger partial charge in [-0.05, 0) is 13.3 Å². The van der Waals surface area contributed by atoms with Crippen molar-refractivity contribution in [1.29, 1.82) is 0 Å². The highest BCUT2D eigenvalue weighted by atomic mass is 16.3. The summed E-state index contributed by atoms with van der Waals surface area (Å²) in [5, 5.41) is 27.0. The average molecular weight is 186 g/mol. The molecule has 0 aliphatic carbocycles. The van der Waals surface area contributed by atoms with E-state index in [1.165, 1.54) is 0 Å². The largest absolute Gasteiger partial charge is 0.396 e. The van der Waals surface area contributed by atoms with Crippen molar-refractivity contribution in [2.75, 3.05) is 6.61 Å². The minimum Gasteiger partial charge on any atom is -0.396 e. The average Bonchev–Trinajstić information content (AvgIpc) is 2.05. The molecule has 2 atom stereocenters. The van der Waals surface area contributed by atoms with Crippen LogP contribution in [0.1, 0.15) is 19.8 Å². The Morgan fingerprint density at radius 2 is 1.92 bits per heavy atom. The lowest BCUT2D eigenvalue weighted by molar-refractivity contribution is 0.0825. The predicted molar refractivity (Wildman–Crippen MR) is 52.3 cm³/mol. The summed E-state index contributed by atoms with van der Waals surface area (Å²) in [6.07, 6.45) is 6.32. The fourth-order valence-corrected chi connectivity index (χ4v) is 0.928. The molecule has 0 bridgehead atoms. The highest BCUT2D eigenvalue weighted by Gasteiger charge is 2.07. The van der Waals surface area contributed by atoms with Gasteiger partial charge in [0.25, 0.3) is 0 Å². The third kappa shape index (κ3) is 7.71. The summed E-state index contributed by atoms with van der Waals surface area (Å²) < 4.78 is 0. The Morgan fingerprint density at radius 1 is 1.23 bits per heavy atom. The second-order valence-corrected chi connectivity index (χ2v) is 2.88. The maximum absolute atomic E-state index is 9.31. The van der Waals surface area contributed by atoms with E-state index in [0.29, 0.717) is 6.42 Å². The molecule has 0 saturated carbocycles. The Morgan fingerprint density at radius 3 is 2.46 bits per heavy atom. The summed E-state index contributed by atoms with van der Waals surface area (Å²) in [4.78, 5) is 0. The van der Waals surface area contributed by atoms with E-state index in [4.69, 9.17) is 5.11 Å². The van der Waals surface area contributed by atoms with Gasteiger partial charge in [0, 0.05) is 13.0 Å². The van der Waals surface area contributed by atoms with Crippen LogP contribution in [0.15, 0.2) is 24.3 Å². The van der Waals surface area contributed by atoms with Crippen LogP contribution in [0.5, 0.6) is 0 Å². The fraction of sp³-hybridized carbons (Fsp3) is 0.600. The molecule has 13 heavy (non-hydrogen) atoms. The van der Waals surface area contributed by atoms with Gasteiger partial charge in [0.15, 0.2) is 0 Å². The summed E-state index contributed by atoms with van der Waals surface area (Å²) >= 11 is 0. The van der Waals surface area contributed by atoms with Crippen LogP contribution in [-0.4, -0.2) is 34.1 Å². The molecule has 0 saturated heterocycles. The van der Waals surface area contributed by atoms with Crippen LogP contribution in [0, 0.1) is 0 Å². The number of allylic oxidation sites excluding steroid dienone is 3. The summed E-state index contributed by atoms with van der Waals surface area (Å²) in [6.45, 7) is 1.84. The number of rotatable bonds is 6. The molecule has 0 aliphatic rings. The number of aliphatic hydroxyl groups is 3. The van der Waals surface area contributed by atoms with Gasteiger partial charge in [-0.3, -0.25) is 0 Å². The molecule has 76 valence electrons. The molecule has 0 fully saturated rings. The fourth-order valence-electron chi connectivity index (χ4n) is 0.928. The van der Waals surface area contributed by atoms with Crippen LogP contribution >= 0.6 is 0 Å². The molecule has 0 aromatic carbocycles. The lowest BCUT2D eigenvalue weighted by atomic mass is 10.1. The molecule has 0 radical (unpaired) electrons. The molecule has 0 aromatic rings. The lowest BCUT2D eigenvalue weighted by Gasteiger charge is -2.10. The van der Waals surface area contributed by atoms with Crippen LogP contribution in [0.3, 0.4) is 0 Å². The zero-order valence-corrected chi connectivity index (χ0v) is 7.93. The summed E-state index contributed by atoms with van der Waals surface area (Å²) in [6, 6.07) is 0. The third-order valence-electron chi connectivity index (χ3n) is 1.61. The molecule has 0 unspecified atom stereocenters. The minimum absolute atomic E-state index is 0.0491. The molecule has 0 amide bonds. The number of hydrogen-bond acceptors (Lipinski definition) is 3. The Labute approximate surface area is 79.0 Å². The van der Waals surface area contributed by atoms with Gasteiger partial charge in [0.2, 0.25) is 0 Å².